The summed E-state index contributed by atoms with van der Waals surface area (Å²) in [6, 6.07) is 5.84. The molecule has 1 amide bonds. The minimum atomic E-state index is -0.388. The molecule has 0 aromatic heterocycles. The molecule has 0 saturated carbocycles. The second-order valence-electron chi connectivity index (χ2n) is 4.64. The SMILES string of the molecule is COCCNCc1cc(Br)ccc1OCC1CNC(=O)O1. The molecule has 1 aromatic rings. The van der Waals surface area contributed by atoms with Crippen molar-refractivity contribution in [1.82, 2.24) is 10.6 Å². The molecule has 7 heteroatoms. The van der Waals surface area contributed by atoms with Crippen molar-refractivity contribution in [3.8, 4) is 5.75 Å². The monoisotopic (exact) mass is 358 g/mol. The number of cyclic esters (lactones) is 1. The van der Waals surface area contributed by atoms with Crippen molar-refractivity contribution in [2.75, 3.05) is 33.4 Å². The van der Waals surface area contributed by atoms with Crippen LogP contribution in [0.5, 0.6) is 5.75 Å². The molecule has 2 rings (SSSR count). The fourth-order valence-corrected chi connectivity index (χ4v) is 2.34. The molecule has 0 bridgehead atoms. The van der Waals surface area contributed by atoms with Crippen LogP contribution in [0.15, 0.2) is 22.7 Å². The van der Waals surface area contributed by atoms with Crippen molar-refractivity contribution < 1.29 is 19.0 Å². The van der Waals surface area contributed by atoms with Crippen LogP contribution in [0.2, 0.25) is 0 Å². The summed E-state index contributed by atoms with van der Waals surface area (Å²) in [6.45, 7) is 2.93. The number of ether oxygens (including phenoxy) is 3. The molecule has 1 saturated heterocycles. The Hall–Kier alpha value is -1.31. The van der Waals surface area contributed by atoms with Crippen molar-refractivity contribution in [1.29, 1.82) is 0 Å². The third-order valence-electron chi connectivity index (χ3n) is 2.99. The lowest BCUT2D eigenvalue weighted by Crippen LogP contribution is -2.23. The lowest BCUT2D eigenvalue weighted by Gasteiger charge is -2.14. The molecule has 1 atom stereocenters. The van der Waals surface area contributed by atoms with Crippen LogP contribution in [0.4, 0.5) is 4.79 Å². The van der Waals surface area contributed by atoms with Crippen LogP contribution in [0, 0.1) is 0 Å². The maximum absolute atomic E-state index is 11.0. The number of hydrogen-bond acceptors (Lipinski definition) is 5. The van der Waals surface area contributed by atoms with E-state index in [0.29, 0.717) is 26.3 Å². The van der Waals surface area contributed by atoms with Gasteiger partial charge >= 0.3 is 6.09 Å². The molecule has 6 nitrogen and oxygen atoms in total. The van der Waals surface area contributed by atoms with E-state index in [2.05, 4.69) is 26.6 Å². The molecule has 0 aliphatic carbocycles. The molecule has 1 aromatic carbocycles. The summed E-state index contributed by atoms with van der Waals surface area (Å²) in [4.78, 5) is 11.0. The molecule has 1 aliphatic rings. The summed E-state index contributed by atoms with van der Waals surface area (Å²) < 4.78 is 16.8. The van der Waals surface area contributed by atoms with Gasteiger partial charge in [-0.15, -0.1) is 0 Å². The predicted molar refractivity (Wildman–Crippen MR) is 81.5 cm³/mol. The van der Waals surface area contributed by atoms with Crippen LogP contribution in [0.1, 0.15) is 5.56 Å². The van der Waals surface area contributed by atoms with E-state index in [0.717, 1.165) is 22.3 Å². The van der Waals surface area contributed by atoms with Gasteiger partial charge in [0.15, 0.2) is 6.10 Å². The number of nitrogens with one attached hydrogen (secondary N) is 2. The number of methoxy groups -OCH3 is 1. The topological polar surface area (TPSA) is 68.8 Å². The third kappa shape index (κ3) is 5.18. The zero-order valence-corrected chi connectivity index (χ0v) is 13.4. The Bertz CT molecular complexity index is 484. The second kappa shape index (κ2) is 8.21. The van der Waals surface area contributed by atoms with Gasteiger partial charge in [-0.1, -0.05) is 15.9 Å². The lowest BCUT2D eigenvalue weighted by atomic mass is 10.2. The quantitative estimate of drug-likeness (QED) is 0.692. The van der Waals surface area contributed by atoms with Gasteiger partial charge in [0.25, 0.3) is 0 Å². The number of amides is 1. The summed E-state index contributed by atoms with van der Waals surface area (Å²) in [5, 5.41) is 5.88. The van der Waals surface area contributed by atoms with E-state index in [1.165, 1.54) is 0 Å². The summed E-state index contributed by atoms with van der Waals surface area (Å²) in [6.07, 6.45) is -0.628. The van der Waals surface area contributed by atoms with Crippen LogP contribution < -0.4 is 15.4 Å². The first-order chi connectivity index (χ1) is 10.2. The van der Waals surface area contributed by atoms with E-state index in [1.54, 1.807) is 7.11 Å². The highest BCUT2D eigenvalue weighted by atomic mass is 79.9. The zero-order valence-electron chi connectivity index (χ0n) is 11.9. The Morgan fingerprint density at radius 1 is 1.52 bits per heavy atom. The molecule has 1 heterocycles. The molecule has 0 spiro atoms. The highest BCUT2D eigenvalue weighted by Crippen LogP contribution is 2.23. The van der Waals surface area contributed by atoms with Crippen molar-refractivity contribution >= 4 is 22.0 Å². The summed E-state index contributed by atoms with van der Waals surface area (Å²) in [7, 11) is 1.67. The van der Waals surface area contributed by atoms with Crippen molar-refractivity contribution in [3.63, 3.8) is 0 Å². The molecule has 21 heavy (non-hydrogen) atoms. The zero-order chi connectivity index (χ0) is 15.1. The Balaban J connectivity index is 1.89. The van der Waals surface area contributed by atoms with Gasteiger partial charge in [0.1, 0.15) is 12.4 Å². The van der Waals surface area contributed by atoms with E-state index in [1.807, 2.05) is 18.2 Å². The fraction of sp³-hybridized carbons (Fsp3) is 0.500. The smallest absolute Gasteiger partial charge is 0.407 e. The minimum absolute atomic E-state index is 0.240. The number of rotatable bonds is 8. The maximum Gasteiger partial charge on any atom is 0.407 e. The molecule has 1 unspecified atom stereocenters. The Morgan fingerprint density at radius 2 is 2.38 bits per heavy atom. The van der Waals surface area contributed by atoms with Gasteiger partial charge in [-0.2, -0.15) is 0 Å². The van der Waals surface area contributed by atoms with Crippen LogP contribution in [-0.2, 0) is 16.0 Å². The number of alkyl carbamates (subject to hydrolysis) is 1. The Labute approximate surface area is 132 Å². The fourth-order valence-electron chi connectivity index (χ4n) is 1.93. The largest absolute Gasteiger partial charge is 0.489 e. The molecular weight excluding hydrogens is 340 g/mol. The number of carbonyl (C=O) groups is 1. The van der Waals surface area contributed by atoms with E-state index in [4.69, 9.17) is 14.2 Å². The van der Waals surface area contributed by atoms with Crippen molar-refractivity contribution in [2.24, 2.45) is 0 Å². The average Bonchev–Trinajstić information content (AvgIpc) is 2.88. The van der Waals surface area contributed by atoms with Crippen molar-refractivity contribution in [2.45, 2.75) is 12.6 Å². The van der Waals surface area contributed by atoms with Gasteiger partial charge in [-0.25, -0.2) is 4.79 Å². The predicted octanol–water partition coefficient (Wildman–Crippen LogP) is 1.67. The van der Waals surface area contributed by atoms with Gasteiger partial charge < -0.3 is 24.8 Å². The van der Waals surface area contributed by atoms with E-state index < -0.39 is 0 Å². The molecule has 116 valence electrons. The van der Waals surface area contributed by atoms with Crippen molar-refractivity contribution in [3.05, 3.63) is 28.2 Å². The number of hydrogen-bond donors (Lipinski definition) is 2. The van der Waals surface area contributed by atoms with Gasteiger partial charge in [0.2, 0.25) is 0 Å². The highest BCUT2D eigenvalue weighted by Gasteiger charge is 2.23. The maximum atomic E-state index is 11.0. The molecular formula is C14H19BrN2O4. The average molecular weight is 359 g/mol. The molecule has 2 N–H and O–H groups in total. The first kappa shape index (κ1) is 16.1. The van der Waals surface area contributed by atoms with Crippen LogP contribution in [0.25, 0.3) is 0 Å². The van der Waals surface area contributed by atoms with E-state index >= 15 is 0 Å². The van der Waals surface area contributed by atoms with E-state index in [-0.39, 0.29) is 12.2 Å². The van der Waals surface area contributed by atoms with Crippen LogP contribution in [-0.4, -0.2) is 45.6 Å². The minimum Gasteiger partial charge on any atom is -0.489 e. The Kier molecular flexibility index (Phi) is 6.28. The number of carbonyl (C=O) groups excluding carboxylic acids is 1. The van der Waals surface area contributed by atoms with E-state index in [9.17, 15) is 4.79 Å². The van der Waals surface area contributed by atoms with Gasteiger partial charge in [0, 0.05) is 30.2 Å². The molecule has 1 fully saturated rings. The normalized spacial score (nSPS) is 17.4. The van der Waals surface area contributed by atoms with Gasteiger partial charge in [-0.05, 0) is 18.2 Å². The highest BCUT2D eigenvalue weighted by molar-refractivity contribution is 9.10. The second-order valence-corrected chi connectivity index (χ2v) is 5.56. The first-order valence-electron chi connectivity index (χ1n) is 6.74. The number of halogens is 1. The summed E-state index contributed by atoms with van der Waals surface area (Å²) >= 11 is 3.46. The van der Waals surface area contributed by atoms with Crippen LogP contribution >= 0.6 is 15.9 Å². The van der Waals surface area contributed by atoms with Gasteiger partial charge in [-0.3, -0.25) is 0 Å². The first-order valence-corrected chi connectivity index (χ1v) is 7.53. The molecule has 1 aliphatic heterocycles. The standard InChI is InChI=1S/C14H19BrN2O4/c1-19-5-4-16-7-10-6-11(15)2-3-13(10)20-9-12-8-17-14(18)21-12/h2-3,6,12,16H,4-5,7-9H2,1H3,(H,17,18). The summed E-state index contributed by atoms with van der Waals surface area (Å²) in [5.41, 5.74) is 1.04. The third-order valence-corrected chi connectivity index (χ3v) is 3.49. The molecule has 0 radical (unpaired) electrons. The summed E-state index contributed by atoms with van der Waals surface area (Å²) in [5.74, 6) is 0.783. The van der Waals surface area contributed by atoms with Gasteiger partial charge in [0.05, 0.1) is 13.2 Å². The Morgan fingerprint density at radius 3 is 3.10 bits per heavy atom. The van der Waals surface area contributed by atoms with Crippen LogP contribution in [0.3, 0.4) is 0 Å². The lowest BCUT2D eigenvalue weighted by molar-refractivity contribution is 0.104. The number of benzene rings is 1.